The van der Waals surface area contributed by atoms with Gasteiger partial charge in [0.2, 0.25) is 5.43 Å². The van der Waals surface area contributed by atoms with Crippen molar-refractivity contribution in [3.05, 3.63) is 39.7 Å². The first-order valence-corrected chi connectivity index (χ1v) is 6.82. The monoisotopic (exact) mass is 327 g/mol. The predicted octanol–water partition coefficient (Wildman–Crippen LogP) is 2.89. The summed E-state index contributed by atoms with van der Waals surface area (Å²) in [5.74, 6) is -1.70. The van der Waals surface area contributed by atoms with Gasteiger partial charge in [-0.15, -0.1) is 0 Å². The second kappa shape index (κ2) is 5.29. The van der Waals surface area contributed by atoms with Crippen LogP contribution in [0.15, 0.2) is 23.1 Å². The Labute approximate surface area is 127 Å². The Balaban J connectivity index is 2.40. The summed E-state index contributed by atoms with van der Waals surface area (Å²) in [6, 6.07) is 2.03. The number of hydrogen-bond donors (Lipinski definition) is 1. The van der Waals surface area contributed by atoms with Gasteiger partial charge in [0.25, 0.3) is 0 Å². The summed E-state index contributed by atoms with van der Waals surface area (Å²) in [4.78, 5) is 23.5. The van der Waals surface area contributed by atoms with E-state index in [9.17, 15) is 22.8 Å². The molecular weight excluding hydrogens is 315 g/mol. The van der Waals surface area contributed by atoms with E-state index in [4.69, 9.17) is 5.11 Å². The largest absolute Gasteiger partial charge is 0.477 e. The molecule has 2 aromatic rings. The molecule has 0 spiro atoms. The van der Waals surface area contributed by atoms with Crippen molar-refractivity contribution < 1.29 is 27.8 Å². The van der Waals surface area contributed by atoms with Gasteiger partial charge in [-0.25, -0.2) is 9.18 Å². The summed E-state index contributed by atoms with van der Waals surface area (Å²) in [6.07, 6.45) is -0.101. The van der Waals surface area contributed by atoms with Gasteiger partial charge in [-0.3, -0.25) is 4.79 Å². The number of carbonyl (C=O) groups is 1. The van der Waals surface area contributed by atoms with Crippen LogP contribution in [-0.4, -0.2) is 28.4 Å². The fraction of sp³-hybridized carbons (Fsp3) is 0.333. The number of carboxylic acids is 1. The smallest absolute Gasteiger partial charge is 0.387 e. The van der Waals surface area contributed by atoms with Crippen LogP contribution in [0.25, 0.3) is 10.9 Å². The predicted molar refractivity (Wildman–Crippen MR) is 75.1 cm³/mol. The molecule has 0 bridgehead atoms. The van der Waals surface area contributed by atoms with E-state index in [1.165, 1.54) is 23.6 Å². The van der Waals surface area contributed by atoms with Crippen molar-refractivity contribution in [3.63, 3.8) is 0 Å². The number of benzene rings is 1. The van der Waals surface area contributed by atoms with E-state index >= 15 is 0 Å². The molecule has 23 heavy (non-hydrogen) atoms. The lowest BCUT2D eigenvalue weighted by atomic mass is 10.1. The van der Waals surface area contributed by atoms with Crippen LogP contribution in [0.1, 0.15) is 28.4 Å². The maximum absolute atomic E-state index is 13.5. The van der Waals surface area contributed by atoms with Gasteiger partial charge in [-0.05, 0) is 18.6 Å². The number of pyridine rings is 1. The Bertz CT molecular complexity index is 862. The Kier molecular flexibility index (Phi) is 3.54. The van der Waals surface area contributed by atoms with Crippen LogP contribution in [0.5, 0.6) is 5.75 Å². The third kappa shape index (κ3) is 2.54. The number of nitrogens with zero attached hydrogens (tertiary/aromatic N) is 1. The van der Waals surface area contributed by atoms with Crippen molar-refractivity contribution in [2.45, 2.75) is 32.2 Å². The van der Waals surface area contributed by atoms with Crippen molar-refractivity contribution in [3.8, 4) is 5.75 Å². The number of aryl methyl sites for hydroxylation is 1. The molecule has 1 N–H and O–H groups in total. The number of fused-ring (bicyclic) bond motifs is 1. The van der Waals surface area contributed by atoms with Gasteiger partial charge in [-0.1, -0.05) is 6.07 Å². The molecule has 0 saturated heterocycles. The third-order valence-corrected chi connectivity index (χ3v) is 3.82. The number of ether oxygens (including phenoxy) is 1. The summed E-state index contributed by atoms with van der Waals surface area (Å²) in [5, 5.41) is 9.04. The lowest BCUT2D eigenvalue weighted by Gasteiger charge is -2.17. The molecule has 1 aliphatic carbocycles. The molecule has 0 amide bonds. The van der Waals surface area contributed by atoms with E-state index in [-0.39, 0.29) is 23.1 Å². The van der Waals surface area contributed by atoms with Crippen molar-refractivity contribution in [1.29, 1.82) is 0 Å². The van der Waals surface area contributed by atoms with Crippen LogP contribution in [0, 0.1) is 6.92 Å². The normalized spacial score (nSPS) is 20.0. The first-order valence-electron chi connectivity index (χ1n) is 6.82. The standard InChI is InChI=1S/C15H12F3NO4/c1-6-2-3-7-11(13(6)23-15(17)18)19(10-4-9(10)16)5-8(12(7)20)14(21)22/h2-3,5,9-10,15H,4H2,1H3,(H,21,22)/t9-,10+/m0/s1. The van der Waals surface area contributed by atoms with E-state index in [1.54, 1.807) is 0 Å². The number of hydrogen-bond acceptors (Lipinski definition) is 3. The highest BCUT2D eigenvalue weighted by molar-refractivity contribution is 5.95. The van der Waals surface area contributed by atoms with E-state index in [2.05, 4.69) is 4.74 Å². The van der Waals surface area contributed by atoms with Gasteiger partial charge >= 0.3 is 12.6 Å². The van der Waals surface area contributed by atoms with Crippen LogP contribution < -0.4 is 10.2 Å². The van der Waals surface area contributed by atoms with Gasteiger partial charge in [0.15, 0.2) is 5.75 Å². The molecule has 1 fully saturated rings. The molecule has 1 heterocycles. The SMILES string of the molecule is Cc1ccc2c(=O)c(C(=O)O)cn([C@@H]3C[C@@H]3F)c2c1OC(F)F. The van der Waals surface area contributed by atoms with Crippen molar-refractivity contribution in [2.24, 2.45) is 0 Å². The quantitative estimate of drug-likeness (QED) is 0.937. The number of alkyl halides is 3. The molecule has 1 saturated carbocycles. The molecule has 0 radical (unpaired) electrons. The van der Waals surface area contributed by atoms with Crippen molar-refractivity contribution in [1.82, 2.24) is 4.57 Å². The maximum Gasteiger partial charge on any atom is 0.387 e. The average molecular weight is 327 g/mol. The van der Waals surface area contributed by atoms with Gasteiger partial charge in [-0.2, -0.15) is 8.78 Å². The molecule has 1 aromatic carbocycles. The summed E-state index contributed by atoms with van der Waals surface area (Å²) < 4.78 is 44.6. The molecule has 1 aliphatic rings. The van der Waals surface area contributed by atoms with Crippen LogP contribution >= 0.6 is 0 Å². The molecule has 5 nitrogen and oxygen atoms in total. The highest BCUT2D eigenvalue weighted by Gasteiger charge is 2.40. The van der Waals surface area contributed by atoms with Crippen LogP contribution in [0.4, 0.5) is 13.2 Å². The number of aromatic carboxylic acids is 1. The lowest BCUT2D eigenvalue weighted by molar-refractivity contribution is -0.0494. The molecule has 0 unspecified atom stereocenters. The zero-order valence-electron chi connectivity index (χ0n) is 11.9. The Hall–Kier alpha value is -2.51. The number of halogens is 3. The van der Waals surface area contributed by atoms with Crippen LogP contribution in [0.3, 0.4) is 0 Å². The average Bonchev–Trinajstić information content (AvgIpc) is 3.18. The van der Waals surface area contributed by atoms with Gasteiger partial charge in [0.1, 0.15) is 11.7 Å². The second-order valence-corrected chi connectivity index (χ2v) is 5.39. The van der Waals surface area contributed by atoms with E-state index < -0.39 is 35.8 Å². The minimum Gasteiger partial charge on any atom is -0.477 e. The minimum absolute atomic E-state index is 0.00884. The minimum atomic E-state index is -3.12. The fourth-order valence-electron chi connectivity index (χ4n) is 2.61. The molecule has 0 aliphatic heterocycles. The van der Waals surface area contributed by atoms with Gasteiger partial charge < -0.3 is 14.4 Å². The topological polar surface area (TPSA) is 68.5 Å². The fourth-order valence-corrected chi connectivity index (χ4v) is 2.61. The van der Waals surface area contributed by atoms with E-state index in [0.717, 1.165) is 6.20 Å². The Morgan fingerprint density at radius 2 is 2.09 bits per heavy atom. The summed E-state index contributed by atoms with van der Waals surface area (Å²) in [7, 11) is 0. The molecule has 8 heteroatoms. The van der Waals surface area contributed by atoms with E-state index in [1.807, 2.05) is 0 Å². The second-order valence-electron chi connectivity index (χ2n) is 5.39. The van der Waals surface area contributed by atoms with Gasteiger partial charge in [0, 0.05) is 12.6 Å². The van der Waals surface area contributed by atoms with Crippen molar-refractivity contribution >= 4 is 16.9 Å². The summed E-state index contributed by atoms with van der Waals surface area (Å²) in [6.45, 7) is -1.61. The number of carboxylic acid groups (broad SMARTS) is 1. The summed E-state index contributed by atoms with van der Waals surface area (Å²) >= 11 is 0. The van der Waals surface area contributed by atoms with Crippen molar-refractivity contribution in [2.75, 3.05) is 0 Å². The summed E-state index contributed by atoms with van der Waals surface area (Å²) in [5.41, 5.74) is -1.03. The molecule has 3 rings (SSSR count). The molecule has 1 aromatic heterocycles. The molecule has 2 atom stereocenters. The first kappa shape index (κ1) is 15.4. The number of rotatable bonds is 4. The highest BCUT2D eigenvalue weighted by atomic mass is 19.3. The van der Waals surface area contributed by atoms with E-state index in [0.29, 0.717) is 5.56 Å². The first-order chi connectivity index (χ1) is 10.8. The molecular formula is C15H12F3NO4. The van der Waals surface area contributed by atoms with Crippen LogP contribution in [0.2, 0.25) is 0 Å². The lowest BCUT2D eigenvalue weighted by Crippen LogP contribution is -2.20. The van der Waals surface area contributed by atoms with Crippen LogP contribution in [-0.2, 0) is 0 Å². The Morgan fingerprint density at radius 3 is 2.61 bits per heavy atom. The van der Waals surface area contributed by atoms with Gasteiger partial charge in [0.05, 0.1) is 16.9 Å². The third-order valence-electron chi connectivity index (χ3n) is 3.82. The zero-order chi connectivity index (χ0) is 16.9. The molecule has 122 valence electrons. The maximum atomic E-state index is 13.5. The zero-order valence-corrected chi connectivity index (χ0v) is 11.9. The number of aromatic nitrogens is 1. The highest BCUT2D eigenvalue weighted by Crippen LogP contribution is 2.43. The Morgan fingerprint density at radius 1 is 1.43 bits per heavy atom.